The van der Waals surface area contributed by atoms with Crippen LogP contribution in [-0.4, -0.2) is 33.4 Å². The van der Waals surface area contributed by atoms with Crippen LogP contribution in [0.3, 0.4) is 0 Å². The third-order valence-electron chi connectivity index (χ3n) is 5.25. The molecule has 8 heteroatoms. The maximum Gasteiger partial charge on any atom is 0.287 e. The summed E-state index contributed by atoms with van der Waals surface area (Å²) in [5.74, 6) is -3.22. The Morgan fingerprint density at radius 1 is 0.912 bits per heavy atom. The summed E-state index contributed by atoms with van der Waals surface area (Å²) in [6, 6.07) is 22.7. The van der Waals surface area contributed by atoms with E-state index in [1.54, 1.807) is 60.7 Å². The molecule has 0 aliphatic carbocycles. The molecule has 0 saturated carbocycles. The molecule has 3 N–H and O–H groups in total. The highest BCUT2D eigenvalue weighted by Gasteiger charge is 2.28. The number of amides is 2. The monoisotopic (exact) mass is 456 g/mol. The smallest absolute Gasteiger partial charge is 0.287 e. The normalized spacial score (nSPS) is 11.6. The Morgan fingerprint density at radius 3 is 2.18 bits per heavy atom. The molecular formula is C26H21FN4O3. The number of nitrogens with one attached hydrogen (secondary N) is 1. The summed E-state index contributed by atoms with van der Waals surface area (Å²) in [7, 11) is 0. The number of para-hydroxylation sites is 1. The first-order chi connectivity index (χ1) is 16.4. The van der Waals surface area contributed by atoms with Crippen molar-refractivity contribution in [3.63, 3.8) is 0 Å². The van der Waals surface area contributed by atoms with Crippen molar-refractivity contribution in [2.45, 2.75) is 12.5 Å². The summed E-state index contributed by atoms with van der Waals surface area (Å²) in [4.78, 5) is 37.4. The Hall–Kier alpha value is -4.59. The van der Waals surface area contributed by atoms with Crippen LogP contribution >= 0.6 is 0 Å². The number of aromatic nitrogens is 2. The Labute approximate surface area is 195 Å². The molecule has 1 atom stereocenters. The minimum absolute atomic E-state index is 0.0798. The third-order valence-corrected chi connectivity index (χ3v) is 5.25. The zero-order valence-electron chi connectivity index (χ0n) is 18.0. The molecule has 0 bridgehead atoms. The van der Waals surface area contributed by atoms with Crippen LogP contribution in [0.15, 0.2) is 91.1 Å². The number of Topliss-reactive ketones (excluding diaryl/α,β-unsaturated/α-hetero) is 1. The standard InChI is InChI=1S/C26H21FN4O3/c27-20-13-7-8-14-22(20)31-16-19(23(30-31)18-11-5-2-6-12-18)26(34)29-21(24(32)25(28)33)15-17-9-3-1-4-10-17/h1-14,16,21H,15H2,(H2,28,33)(H,29,34). The highest BCUT2D eigenvalue weighted by atomic mass is 19.1. The number of hydrogen-bond donors (Lipinski definition) is 2. The highest BCUT2D eigenvalue weighted by Crippen LogP contribution is 2.24. The lowest BCUT2D eigenvalue weighted by atomic mass is 10.0. The predicted molar refractivity (Wildman–Crippen MR) is 125 cm³/mol. The van der Waals surface area contributed by atoms with Crippen molar-refractivity contribution < 1.29 is 18.8 Å². The molecule has 0 fully saturated rings. The van der Waals surface area contributed by atoms with Crippen LogP contribution in [0.2, 0.25) is 0 Å². The van der Waals surface area contributed by atoms with Crippen molar-refractivity contribution in [3.8, 4) is 16.9 Å². The van der Waals surface area contributed by atoms with Crippen LogP contribution in [0.5, 0.6) is 0 Å². The van der Waals surface area contributed by atoms with E-state index in [1.807, 2.05) is 12.1 Å². The number of carbonyl (C=O) groups excluding carboxylic acids is 3. The summed E-state index contributed by atoms with van der Waals surface area (Å²) < 4.78 is 15.7. The van der Waals surface area contributed by atoms with Gasteiger partial charge in [0.05, 0.1) is 5.56 Å². The zero-order chi connectivity index (χ0) is 24.1. The van der Waals surface area contributed by atoms with E-state index in [0.29, 0.717) is 11.3 Å². The summed E-state index contributed by atoms with van der Waals surface area (Å²) >= 11 is 0. The van der Waals surface area contributed by atoms with Gasteiger partial charge in [0.15, 0.2) is 0 Å². The van der Waals surface area contributed by atoms with Gasteiger partial charge in [0.25, 0.3) is 11.8 Å². The molecule has 4 rings (SSSR count). The van der Waals surface area contributed by atoms with Gasteiger partial charge in [0, 0.05) is 18.2 Å². The number of nitrogens with two attached hydrogens (primary N) is 1. The van der Waals surface area contributed by atoms with E-state index < -0.39 is 29.5 Å². The van der Waals surface area contributed by atoms with Crippen molar-refractivity contribution in [3.05, 3.63) is 108 Å². The number of benzene rings is 3. The second kappa shape index (κ2) is 9.91. The summed E-state index contributed by atoms with van der Waals surface area (Å²) in [5, 5.41) is 7.06. The van der Waals surface area contributed by atoms with Crippen molar-refractivity contribution >= 4 is 17.6 Å². The maximum atomic E-state index is 14.4. The lowest BCUT2D eigenvalue weighted by molar-refractivity contribution is -0.137. The number of carbonyl (C=O) groups is 3. The van der Waals surface area contributed by atoms with Gasteiger partial charge in [0.1, 0.15) is 23.2 Å². The average Bonchev–Trinajstić information content (AvgIpc) is 3.30. The molecule has 0 spiro atoms. The summed E-state index contributed by atoms with van der Waals surface area (Å²) in [5.41, 5.74) is 7.17. The minimum Gasteiger partial charge on any atom is -0.363 e. The van der Waals surface area contributed by atoms with E-state index in [1.165, 1.54) is 23.0 Å². The SMILES string of the molecule is NC(=O)C(=O)C(Cc1ccccc1)NC(=O)c1cn(-c2ccccc2F)nc1-c1ccccc1. The molecule has 3 aromatic carbocycles. The molecule has 0 aliphatic heterocycles. The van der Waals surface area contributed by atoms with E-state index >= 15 is 0 Å². The molecule has 0 saturated heterocycles. The zero-order valence-corrected chi connectivity index (χ0v) is 18.0. The van der Waals surface area contributed by atoms with Gasteiger partial charge in [-0.15, -0.1) is 0 Å². The largest absolute Gasteiger partial charge is 0.363 e. The fourth-order valence-electron chi connectivity index (χ4n) is 3.58. The van der Waals surface area contributed by atoms with Gasteiger partial charge in [-0.1, -0.05) is 72.8 Å². The van der Waals surface area contributed by atoms with E-state index in [0.717, 1.165) is 5.56 Å². The van der Waals surface area contributed by atoms with Gasteiger partial charge in [0.2, 0.25) is 5.78 Å². The molecule has 34 heavy (non-hydrogen) atoms. The van der Waals surface area contributed by atoms with Crippen LogP contribution in [0.4, 0.5) is 4.39 Å². The third kappa shape index (κ3) is 4.91. The predicted octanol–water partition coefficient (Wildman–Crippen LogP) is 3.07. The van der Waals surface area contributed by atoms with E-state index in [9.17, 15) is 18.8 Å². The highest BCUT2D eigenvalue weighted by molar-refractivity contribution is 6.38. The molecule has 2 amide bonds. The van der Waals surface area contributed by atoms with Crippen LogP contribution in [-0.2, 0) is 16.0 Å². The summed E-state index contributed by atoms with van der Waals surface area (Å²) in [6.07, 6.45) is 1.47. The van der Waals surface area contributed by atoms with Crippen molar-refractivity contribution in [1.82, 2.24) is 15.1 Å². The lowest BCUT2D eigenvalue weighted by Gasteiger charge is -2.16. The lowest BCUT2D eigenvalue weighted by Crippen LogP contribution is -2.47. The number of primary amides is 1. The van der Waals surface area contributed by atoms with E-state index in [4.69, 9.17) is 5.73 Å². The fraction of sp³-hybridized carbons (Fsp3) is 0.0769. The molecular weight excluding hydrogens is 435 g/mol. The topological polar surface area (TPSA) is 107 Å². The molecule has 1 heterocycles. The first-order valence-corrected chi connectivity index (χ1v) is 10.5. The molecule has 0 aliphatic rings. The average molecular weight is 456 g/mol. The first-order valence-electron chi connectivity index (χ1n) is 10.5. The van der Waals surface area contributed by atoms with Gasteiger partial charge < -0.3 is 11.1 Å². The number of rotatable bonds is 8. The van der Waals surface area contributed by atoms with Crippen molar-refractivity contribution in [2.24, 2.45) is 5.73 Å². The number of nitrogens with zero attached hydrogens (tertiary/aromatic N) is 2. The quantitative estimate of drug-likeness (QED) is 0.397. The number of hydrogen-bond acceptors (Lipinski definition) is 4. The van der Waals surface area contributed by atoms with Gasteiger partial charge in [-0.05, 0) is 17.7 Å². The molecule has 4 aromatic rings. The van der Waals surface area contributed by atoms with E-state index in [-0.39, 0.29) is 17.7 Å². The van der Waals surface area contributed by atoms with Crippen LogP contribution in [0, 0.1) is 5.82 Å². The Morgan fingerprint density at radius 2 is 1.53 bits per heavy atom. The van der Waals surface area contributed by atoms with Crippen LogP contribution in [0.25, 0.3) is 16.9 Å². The maximum absolute atomic E-state index is 14.4. The second-order valence-corrected chi connectivity index (χ2v) is 7.60. The number of ketones is 1. The molecule has 1 aromatic heterocycles. The van der Waals surface area contributed by atoms with Gasteiger partial charge in [-0.3, -0.25) is 14.4 Å². The first kappa shape index (κ1) is 22.6. The molecule has 7 nitrogen and oxygen atoms in total. The van der Waals surface area contributed by atoms with Gasteiger partial charge in [-0.2, -0.15) is 5.10 Å². The second-order valence-electron chi connectivity index (χ2n) is 7.60. The molecule has 1 unspecified atom stereocenters. The van der Waals surface area contributed by atoms with Crippen LogP contribution < -0.4 is 11.1 Å². The van der Waals surface area contributed by atoms with Gasteiger partial charge in [-0.25, -0.2) is 9.07 Å². The minimum atomic E-state index is -1.17. The Bertz CT molecular complexity index is 1340. The molecule has 0 radical (unpaired) electrons. The van der Waals surface area contributed by atoms with Crippen molar-refractivity contribution in [2.75, 3.05) is 0 Å². The fourth-order valence-corrected chi connectivity index (χ4v) is 3.58. The number of halogens is 1. The van der Waals surface area contributed by atoms with Crippen molar-refractivity contribution in [1.29, 1.82) is 0 Å². The Balaban J connectivity index is 1.72. The van der Waals surface area contributed by atoms with E-state index in [2.05, 4.69) is 10.4 Å². The van der Waals surface area contributed by atoms with Gasteiger partial charge >= 0.3 is 0 Å². The molecule has 170 valence electrons. The van der Waals surface area contributed by atoms with Crippen LogP contribution in [0.1, 0.15) is 15.9 Å². The Kier molecular flexibility index (Phi) is 6.59. The summed E-state index contributed by atoms with van der Waals surface area (Å²) in [6.45, 7) is 0.